The number of hydrogen-bond donors (Lipinski definition) is 2. The van der Waals surface area contributed by atoms with Crippen LogP contribution in [0.25, 0.3) is 0 Å². The molecule has 0 aliphatic rings. The summed E-state index contributed by atoms with van der Waals surface area (Å²) in [7, 11) is 4.87. The van der Waals surface area contributed by atoms with Crippen LogP contribution in [-0.2, 0) is 13.0 Å². The molecule has 0 unspecified atom stereocenters. The summed E-state index contributed by atoms with van der Waals surface area (Å²) in [6, 6.07) is 11.7. The van der Waals surface area contributed by atoms with E-state index >= 15 is 0 Å². The van der Waals surface area contributed by atoms with E-state index in [0.717, 1.165) is 36.4 Å². The monoisotopic (exact) mass is 401 g/mol. The molecule has 0 spiro atoms. The molecule has 0 heterocycles. The van der Waals surface area contributed by atoms with E-state index in [1.807, 2.05) is 37.3 Å². The maximum atomic E-state index is 5.98. The average molecular weight is 402 g/mol. The molecule has 158 valence electrons. The van der Waals surface area contributed by atoms with Gasteiger partial charge in [-0.2, -0.15) is 0 Å². The fraction of sp³-hybridized carbons (Fsp3) is 0.409. The molecule has 0 aliphatic heterocycles. The second kappa shape index (κ2) is 11.7. The highest BCUT2D eigenvalue weighted by atomic mass is 16.5. The Morgan fingerprint density at radius 3 is 2.17 bits per heavy atom. The van der Waals surface area contributed by atoms with Crippen LogP contribution in [0.1, 0.15) is 24.5 Å². The Balaban J connectivity index is 1.81. The highest BCUT2D eigenvalue weighted by Crippen LogP contribution is 2.29. The van der Waals surface area contributed by atoms with Crippen LogP contribution in [0.5, 0.6) is 23.0 Å². The van der Waals surface area contributed by atoms with Crippen LogP contribution < -0.4 is 30.0 Å². The standard InChI is InChI=1S/C22H31N3O4/c1-5-29-21-13-16(8-10-19(21)27-3)7-6-12-24-22(23)25-15-17-9-11-18(26-2)20(14-17)28-4/h8-11,13-14H,5-7,12,15H2,1-4H3,(H3,23,24,25). The second-order valence-corrected chi connectivity index (χ2v) is 6.34. The van der Waals surface area contributed by atoms with E-state index in [1.165, 1.54) is 5.56 Å². The van der Waals surface area contributed by atoms with Crippen LogP contribution in [0, 0.1) is 0 Å². The van der Waals surface area contributed by atoms with Gasteiger partial charge in [0.2, 0.25) is 0 Å². The third-order valence-electron chi connectivity index (χ3n) is 4.36. The van der Waals surface area contributed by atoms with Gasteiger partial charge in [-0.1, -0.05) is 12.1 Å². The van der Waals surface area contributed by atoms with Crippen LogP contribution in [-0.4, -0.2) is 40.4 Å². The van der Waals surface area contributed by atoms with Gasteiger partial charge in [0.1, 0.15) is 0 Å². The van der Waals surface area contributed by atoms with Gasteiger partial charge in [-0.15, -0.1) is 0 Å². The Hall–Kier alpha value is -3.09. The Labute approximate surface area is 172 Å². The van der Waals surface area contributed by atoms with Crippen molar-refractivity contribution in [1.29, 1.82) is 0 Å². The highest BCUT2D eigenvalue weighted by molar-refractivity contribution is 5.77. The summed E-state index contributed by atoms with van der Waals surface area (Å²) < 4.78 is 21.5. The first-order valence-electron chi connectivity index (χ1n) is 9.65. The summed E-state index contributed by atoms with van der Waals surface area (Å²) >= 11 is 0. The van der Waals surface area contributed by atoms with Crippen molar-refractivity contribution in [2.75, 3.05) is 34.5 Å². The topological polar surface area (TPSA) is 87.3 Å². The number of guanidine groups is 1. The molecule has 0 fully saturated rings. The van der Waals surface area contributed by atoms with Gasteiger partial charge in [0.25, 0.3) is 0 Å². The van der Waals surface area contributed by atoms with E-state index in [2.05, 4.69) is 16.4 Å². The third kappa shape index (κ3) is 6.78. The Bertz CT molecular complexity index is 809. The van der Waals surface area contributed by atoms with Crippen LogP contribution in [0.4, 0.5) is 0 Å². The molecular formula is C22H31N3O4. The van der Waals surface area contributed by atoms with E-state index in [9.17, 15) is 0 Å². The van der Waals surface area contributed by atoms with Crippen LogP contribution in [0.2, 0.25) is 0 Å². The summed E-state index contributed by atoms with van der Waals surface area (Å²) in [5.74, 6) is 3.32. The minimum Gasteiger partial charge on any atom is -0.493 e. The molecule has 0 aromatic heterocycles. The molecule has 3 N–H and O–H groups in total. The van der Waals surface area contributed by atoms with Crippen LogP contribution in [0.3, 0.4) is 0 Å². The third-order valence-corrected chi connectivity index (χ3v) is 4.36. The lowest BCUT2D eigenvalue weighted by Crippen LogP contribution is -2.32. The lowest BCUT2D eigenvalue weighted by molar-refractivity contribution is 0.310. The number of hydrogen-bond acceptors (Lipinski definition) is 5. The molecule has 2 aromatic rings. The number of rotatable bonds is 11. The largest absolute Gasteiger partial charge is 0.493 e. The van der Waals surface area contributed by atoms with Gasteiger partial charge in [-0.25, -0.2) is 4.99 Å². The molecule has 7 heteroatoms. The molecule has 2 rings (SSSR count). The second-order valence-electron chi connectivity index (χ2n) is 6.34. The first-order chi connectivity index (χ1) is 14.1. The summed E-state index contributed by atoms with van der Waals surface area (Å²) in [4.78, 5) is 4.38. The number of nitrogens with one attached hydrogen (secondary N) is 1. The smallest absolute Gasteiger partial charge is 0.188 e. The quantitative estimate of drug-likeness (QED) is 0.342. The fourth-order valence-corrected chi connectivity index (χ4v) is 2.87. The predicted octanol–water partition coefficient (Wildman–Crippen LogP) is 3.15. The number of aliphatic imine (C=N–C) groups is 1. The number of aryl methyl sites for hydroxylation is 1. The molecule has 0 atom stereocenters. The zero-order chi connectivity index (χ0) is 21.1. The summed E-state index contributed by atoms with van der Waals surface area (Å²) in [5.41, 5.74) is 8.16. The molecule has 0 bridgehead atoms. The Morgan fingerprint density at radius 2 is 1.52 bits per heavy atom. The minimum absolute atomic E-state index is 0.421. The van der Waals surface area contributed by atoms with Crippen LogP contribution >= 0.6 is 0 Å². The van der Waals surface area contributed by atoms with Crippen molar-refractivity contribution in [1.82, 2.24) is 5.32 Å². The average Bonchev–Trinajstić information content (AvgIpc) is 2.75. The van der Waals surface area contributed by atoms with Crippen molar-refractivity contribution in [3.8, 4) is 23.0 Å². The number of methoxy groups -OCH3 is 3. The fourth-order valence-electron chi connectivity index (χ4n) is 2.87. The number of benzene rings is 2. The molecular weight excluding hydrogens is 370 g/mol. The predicted molar refractivity (Wildman–Crippen MR) is 115 cm³/mol. The zero-order valence-electron chi connectivity index (χ0n) is 17.7. The van der Waals surface area contributed by atoms with E-state index in [4.69, 9.17) is 24.7 Å². The maximum Gasteiger partial charge on any atom is 0.188 e. The maximum absolute atomic E-state index is 5.98. The van der Waals surface area contributed by atoms with E-state index in [-0.39, 0.29) is 0 Å². The van der Waals surface area contributed by atoms with E-state index in [1.54, 1.807) is 21.3 Å². The van der Waals surface area contributed by atoms with Crippen molar-refractivity contribution < 1.29 is 18.9 Å². The van der Waals surface area contributed by atoms with Gasteiger partial charge < -0.3 is 30.0 Å². The minimum atomic E-state index is 0.421. The molecule has 0 saturated heterocycles. The van der Waals surface area contributed by atoms with Crippen molar-refractivity contribution in [3.05, 3.63) is 47.5 Å². The lowest BCUT2D eigenvalue weighted by atomic mass is 10.1. The summed E-state index contributed by atoms with van der Waals surface area (Å²) in [6.07, 6.45) is 1.82. The molecule has 7 nitrogen and oxygen atoms in total. The van der Waals surface area contributed by atoms with Crippen molar-refractivity contribution in [3.63, 3.8) is 0 Å². The molecule has 0 aliphatic carbocycles. The SMILES string of the molecule is CCOc1cc(CCCNC(N)=NCc2ccc(OC)c(OC)c2)ccc1OC. The number of nitrogens with zero attached hydrogens (tertiary/aromatic N) is 1. The van der Waals surface area contributed by atoms with Gasteiger partial charge in [0.05, 0.1) is 34.5 Å². The van der Waals surface area contributed by atoms with Gasteiger partial charge in [-0.3, -0.25) is 0 Å². The molecule has 0 saturated carbocycles. The summed E-state index contributed by atoms with van der Waals surface area (Å²) in [6.45, 7) is 3.77. The molecule has 0 radical (unpaired) electrons. The summed E-state index contributed by atoms with van der Waals surface area (Å²) in [5, 5.41) is 3.15. The van der Waals surface area contributed by atoms with Gasteiger partial charge in [0, 0.05) is 6.54 Å². The molecule has 2 aromatic carbocycles. The lowest BCUT2D eigenvalue weighted by Gasteiger charge is -2.11. The molecule has 29 heavy (non-hydrogen) atoms. The Morgan fingerprint density at radius 1 is 0.897 bits per heavy atom. The van der Waals surface area contributed by atoms with Crippen LogP contribution in [0.15, 0.2) is 41.4 Å². The number of ether oxygens (including phenoxy) is 4. The Kier molecular flexibility index (Phi) is 8.95. The van der Waals surface area contributed by atoms with Gasteiger partial charge in [-0.05, 0) is 55.2 Å². The van der Waals surface area contributed by atoms with E-state index < -0.39 is 0 Å². The van der Waals surface area contributed by atoms with Crippen molar-refractivity contribution in [2.45, 2.75) is 26.3 Å². The first kappa shape index (κ1) is 22.2. The van der Waals surface area contributed by atoms with E-state index in [0.29, 0.717) is 30.6 Å². The normalized spacial score (nSPS) is 11.1. The van der Waals surface area contributed by atoms with Crippen molar-refractivity contribution >= 4 is 5.96 Å². The van der Waals surface area contributed by atoms with Gasteiger partial charge in [0.15, 0.2) is 29.0 Å². The van der Waals surface area contributed by atoms with Crippen molar-refractivity contribution in [2.24, 2.45) is 10.7 Å². The van der Waals surface area contributed by atoms with Gasteiger partial charge >= 0.3 is 0 Å². The zero-order valence-corrected chi connectivity index (χ0v) is 17.7. The highest BCUT2D eigenvalue weighted by Gasteiger charge is 2.06. The first-order valence-corrected chi connectivity index (χ1v) is 9.65. The number of nitrogens with two attached hydrogens (primary N) is 1. The molecule has 0 amide bonds.